The second-order valence-electron chi connectivity index (χ2n) is 6.90. The van der Waals surface area contributed by atoms with Crippen LogP contribution in [0.1, 0.15) is 55.2 Å². The molecule has 0 aliphatic carbocycles. The van der Waals surface area contributed by atoms with E-state index >= 15 is 0 Å². The fraction of sp³-hybridized carbons (Fsp3) is 0.318. The molecule has 176 valence electrons. The molecule has 9 nitrogen and oxygen atoms in total. The summed E-state index contributed by atoms with van der Waals surface area (Å²) in [6.07, 6.45) is -3.90. The number of benzene rings is 1. The number of alkyl halides is 3. The van der Waals surface area contributed by atoms with Crippen LogP contribution >= 0.6 is 0 Å². The molecule has 1 aromatic carbocycles. The summed E-state index contributed by atoms with van der Waals surface area (Å²) < 4.78 is 143. The van der Waals surface area contributed by atoms with Gasteiger partial charge in [0.2, 0.25) is 5.95 Å². The smallest absolute Gasteiger partial charge is 0.406 e. The maximum absolute atomic E-state index is 12.9. The van der Waals surface area contributed by atoms with Gasteiger partial charge in [-0.1, -0.05) is 19.0 Å². The van der Waals surface area contributed by atoms with Gasteiger partial charge in [0, 0.05) is 39.1 Å². The number of nitrogens with zero attached hydrogens (tertiary/aromatic N) is 8. The van der Waals surface area contributed by atoms with Crippen molar-refractivity contribution < 1.29 is 34.4 Å². The van der Waals surface area contributed by atoms with Gasteiger partial charge in [-0.05, 0) is 32.2 Å². The third-order valence-electron chi connectivity index (χ3n) is 4.86. The summed E-state index contributed by atoms with van der Waals surface area (Å²) in [7, 11) is 0. The van der Waals surface area contributed by atoms with Crippen LogP contribution in [0.15, 0.2) is 49.2 Å². The molecule has 34 heavy (non-hydrogen) atoms. The molecular weight excluding hydrogens is 449 g/mol. The van der Waals surface area contributed by atoms with Gasteiger partial charge in [0.05, 0.1) is 13.6 Å². The van der Waals surface area contributed by atoms with Gasteiger partial charge < -0.3 is 9.64 Å². The summed E-state index contributed by atoms with van der Waals surface area (Å²) >= 11 is 0. The summed E-state index contributed by atoms with van der Waals surface area (Å²) in [4.78, 5) is 12.9. The van der Waals surface area contributed by atoms with Gasteiger partial charge in [-0.3, -0.25) is 9.13 Å². The zero-order chi connectivity index (χ0) is 34.3. The van der Waals surface area contributed by atoms with E-state index in [9.17, 15) is 13.2 Å². The number of anilines is 1. The quantitative estimate of drug-likeness (QED) is 0.414. The Kier molecular flexibility index (Phi) is 2.85. The number of rotatable bonds is 5. The highest BCUT2D eigenvalue weighted by Crippen LogP contribution is 2.39. The lowest BCUT2D eigenvalue weighted by atomic mass is 10.1. The van der Waals surface area contributed by atoms with Crippen LogP contribution in [0, 0.1) is 0 Å². The third-order valence-corrected chi connectivity index (χ3v) is 4.86. The average molecular weight is 483 g/mol. The predicted octanol–water partition coefficient (Wildman–Crippen LogP) is 4.49. The SMILES string of the molecule is [2H]C([2H])([2H])C([2H])([2H])C1c2nncn2-c2cnc(-n3ccnc3-c3cccc(OC(F)(F)F)c3)nc2N1C([2H])(C([2H])([2H])[2H])C([2H])([2H])[2H]. The van der Waals surface area contributed by atoms with Crippen molar-refractivity contribution in [1.29, 1.82) is 0 Å². The Morgan fingerprint density at radius 1 is 1.26 bits per heavy atom. The van der Waals surface area contributed by atoms with E-state index in [1.165, 1.54) is 24.5 Å². The third kappa shape index (κ3) is 3.74. The van der Waals surface area contributed by atoms with E-state index in [1.54, 1.807) is 0 Å². The van der Waals surface area contributed by atoms with Gasteiger partial charge in [-0.25, -0.2) is 9.97 Å². The van der Waals surface area contributed by atoms with Crippen molar-refractivity contribution in [3.05, 3.63) is 55.0 Å². The summed E-state index contributed by atoms with van der Waals surface area (Å²) in [5.41, 5.74) is -0.156. The fourth-order valence-corrected chi connectivity index (χ4v) is 3.55. The maximum atomic E-state index is 12.9. The summed E-state index contributed by atoms with van der Waals surface area (Å²) in [5.74, 6) is -2.26. The summed E-state index contributed by atoms with van der Waals surface area (Å²) in [5, 5.41) is 7.45. The Labute approximate surface area is 209 Å². The van der Waals surface area contributed by atoms with Crippen LogP contribution in [0.2, 0.25) is 0 Å². The van der Waals surface area contributed by atoms with Crippen molar-refractivity contribution in [2.24, 2.45) is 0 Å². The van der Waals surface area contributed by atoms with Crippen LogP contribution in [-0.4, -0.2) is 46.7 Å². The molecule has 0 saturated carbocycles. The molecule has 0 N–H and O–H groups in total. The minimum atomic E-state index is -5.00. The number of fused-ring (bicyclic) bond motifs is 3. The molecule has 1 aliphatic heterocycles. The highest BCUT2D eigenvalue weighted by molar-refractivity contribution is 5.64. The molecule has 1 unspecified atom stereocenters. The standard InChI is InChI=1S/C22H21F3N8O/c1-4-16-20-30-28-12-32(20)17-11-27-21(29-19(17)33(16)13(2)3)31-9-8-26-18(31)14-6-5-7-15(10-14)34-22(23,24)25/h5-13,16H,4H2,1-3H3/i1D3,2D3,3D3,4D2,13D. The zero-order valence-electron chi connectivity index (χ0n) is 28.8. The Bertz CT molecular complexity index is 1750. The van der Waals surface area contributed by atoms with E-state index in [0.29, 0.717) is 0 Å². The van der Waals surface area contributed by atoms with E-state index in [2.05, 4.69) is 29.9 Å². The summed E-state index contributed by atoms with van der Waals surface area (Å²) in [6, 6.07) is -1.42. The average Bonchev–Trinajstić information content (AvgIpc) is 3.59. The van der Waals surface area contributed by atoms with Crippen molar-refractivity contribution in [2.75, 3.05) is 4.90 Å². The van der Waals surface area contributed by atoms with Crippen LogP contribution in [-0.2, 0) is 0 Å². The number of aromatic nitrogens is 7. The number of hydrogen-bond donors (Lipinski definition) is 0. The monoisotopic (exact) mass is 482 g/mol. The number of hydrogen-bond acceptors (Lipinski definition) is 7. The molecule has 0 spiro atoms. The van der Waals surface area contributed by atoms with Crippen LogP contribution in [0.5, 0.6) is 5.75 Å². The molecule has 1 atom stereocenters. The molecular formula is C22H21F3N8O. The molecule has 12 heteroatoms. The molecule has 0 saturated heterocycles. The maximum Gasteiger partial charge on any atom is 0.573 e. The van der Waals surface area contributed by atoms with E-state index in [-0.39, 0.29) is 27.9 Å². The minimum Gasteiger partial charge on any atom is -0.406 e. The molecule has 5 rings (SSSR count). The lowest BCUT2D eigenvalue weighted by Crippen LogP contribution is -2.40. The fourth-order valence-electron chi connectivity index (χ4n) is 3.55. The van der Waals surface area contributed by atoms with Crippen LogP contribution in [0.25, 0.3) is 23.0 Å². The number of halogens is 3. The van der Waals surface area contributed by atoms with Gasteiger partial charge in [0.1, 0.15) is 23.6 Å². The van der Waals surface area contributed by atoms with E-state index in [1.807, 2.05) is 0 Å². The highest BCUT2D eigenvalue weighted by atomic mass is 19.4. The van der Waals surface area contributed by atoms with Crippen molar-refractivity contribution in [3.63, 3.8) is 0 Å². The Balaban J connectivity index is 1.79. The summed E-state index contributed by atoms with van der Waals surface area (Å²) in [6.45, 7) is -11.0. The first-order valence-electron chi connectivity index (χ1n) is 15.5. The van der Waals surface area contributed by atoms with Crippen molar-refractivity contribution >= 4 is 5.82 Å². The van der Waals surface area contributed by atoms with Gasteiger partial charge in [-0.2, -0.15) is 4.98 Å². The second kappa shape index (κ2) is 8.12. The van der Waals surface area contributed by atoms with Gasteiger partial charge in [0.15, 0.2) is 11.6 Å². The highest BCUT2D eigenvalue weighted by Gasteiger charge is 2.35. The lowest BCUT2D eigenvalue weighted by molar-refractivity contribution is -0.274. The van der Waals surface area contributed by atoms with Gasteiger partial charge in [-0.15, -0.1) is 23.4 Å². The number of imidazole rings is 1. The molecule has 4 heterocycles. The molecule has 0 bridgehead atoms. The Morgan fingerprint density at radius 3 is 2.94 bits per heavy atom. The molecule has 1 aliphatic rings. The Hall–Kier alpha value is -3.96. The largest absolute Gasteiger partial charge is 0.573 e. The molecule has 0 amide bonds. The second-order valence-corrected chi connectivity index (χ2v) is 6.90. The minimum absolute atomic E-state index is 0.0573. The van der Waals surface area contributed by atoms with E-state index in [4.69, 9.17) is 16.4 Å². The van der Waals surface area contributed by atoms with Crippen LogP contribution < -0.4 is 9.64 Å². The first kappa shape index (κ1) is 12.0. The van der Waals surface area contributed by atoms with Crippen LogP contribution in [0.3, 0.4) is 0 Å². The first-order valence-corrected chi connectivity index (χ1v) is 9.45. The van der Waals surface area contributed by atoms with Crippen LogP contribution in [0.4, 0.5) is 19.0 Å². The molecule has 4 aromatic rings. The van der Waals surface area contributed by atoms with Crippen molar-refractivity contribution in [1.82, 2.24) is 34.3 Å². The normalized spacial score (nSPS) is 22.4. The van der Waals surface area contributed by atoms with Crippen molar-refractivity contribution in [3.8, 4) is 28.8 Å². The number of ether oxygens (including phenoxy) is 1. The van der Waals surface area contributed by atoms with E-state index in [0.717, 1.165) is 33.8 Å². The molecule has 3 aromatic heterocycles. The molecule has 0 radical (unpaired) electrons. The zero-order valence-corrected chi connectivity index (χ0v) is 16.8. The van der Waals surface area contributed by atoms with Crippen molar-refractivity contribution in [2.45, 2.75) is 45.4 Å². The van der Waals surface area contributed by atoms with E-state index < -0.39 is 62.7 Å². The first-order chi connectivity index (χ1) is 21.0. The lowest BCUT2D eigenvalue weighted by Gasteiger charge is -2.39. The van der Waals surface area contributed by atoms with Gasteiger partial charge in [0.25, 0.3) is 0 Å². The Morgan fingerprint density at radius 2 is 2.15 bits per heavy atom. The topological polar surface area (TPSA) is 86.8 Å². The molecule has 0 fully saturated rings. The van der Waals surface area contributed by atoms with Gasteiger partial charge >= 0.3 is 6.36 Å². The predicted molar refractivity (Wildman–Crippen MR) is 117 cm³/mol.